The van der Waals surface area contributed by atoms with Crippen LogP contribution in [0.1, 0.15) is 12.5 Å². The normalized spacial score (nSPS) is 22.1. The van der Waals surface area contributed by atoms with Crippen molar-refractivity contribution in [1.82, 2.24) is 9.21 Å². The molecule has 0 radical (unpaired) electrons. The molecule has 0 aliphatic carbocycles. The van der Waals surface area contributed by atoms with Crippen LogP contribution in [-0.4, -0.2) is 50.3 Å². The molecule has 1 aliphatic heterocycles. The largest absolute Gasteiger partial charge is 0.398 e. The molecule has 0 saturated carbocycles. The van der Waals surface area contributed by atoms with Gasteiger partial charge in [0.25, 0.3) is 0 Å². The van der Waals surface area contributed by atoms with Crippen LogP contribution in [0.4, 0.5) is 5.69 Å². The van der Waals surface area contributed by atoms with Crippen LogP contribution in [0.15, 0.2) is 17.0 Å². The van der Waals surface area contributed by atoms with Crippen molar-refractivity contribution in [2.45, 2.75) is 24.8 Å². The topological polar surface area (TPSA) is 66.6 Å². The summed E-state index contributed by atoms with van der Waals surface area (Å²) in [6.07, 6.45) is 0. The number of piperazine rings is 1. The highest BCUT2D eigenvalue weighted by molar-refractivity contribution is 7.89. The Kier molecular flexibility index (Phi) is 4.30. The minimum Gasteiger partial charge on any atom is -0.398 e. The quantitative estimate of drug-likeness (QED) is 0.841. The second-order valence-electron chi connectivity index (χ2n) is 5.35. The Bertz CT molecular complexity index is 595. The minimum atomic E-state index is -3.55. The Labute approximate surface area is 125 Å². The summed E-state index contributed by atoms with van der Waals surface area (Å²) in [5, 5.41) is 0.380. The van der Waals surface area contributed by atoms with Gasteiger partial charge in [-0.3, -0.25) is 0 Å². The zero-order valence-corrected chi connectivity index (χ0v) is 13.5. The molecule has 1 atom stereocenters. The zero-order valence-electron chi connectivity index (χ0n) is 11.9. The molecular weight excluding hydrogens is 298 g/mol. The molecule has 0 aromatic heterocycles. The summed E-state index contributed by atoms with van der Waals surface area (Å²) in [5.74, 6) is 0. The van der Waals surface area contributed by atoms with E-state index in [9.17, 15) is 8.42 Å². The van der Waals surface area contributed by atoms with Crippen molar-refractivity contribution in [3.8, 4) is 0 Å². The fourth-order valence-electron chi connectivity index (χ4n) is 2.44. The molecule has 1 heterocycles. The lowest BCUT2D eigenvalue weighted by molar-refractivity contribution is 0.170. The first-order valence-corrected chi connectivity index (χ1v) is 8.31. The van der Waals surface area contributed by atoms with Crippen molar-refractivity contribution in [2.75, 3.05) is 32.4 Å². The molecule has 0 spiro atoms. The summed E-state index contributed by atoms with van der Waals surface area (Å²) in [4.78, 5) is 2.29. The van der Waals surface area contributed by atoms with Crippen LogP contribution in [0, 0.1) is 6.92 Å². The van der Waals surface area contributed by atoms with Gasteiger partial charge in [0.1, 0.15) is 0 Å². The van der Waals surface area contributed by atoms with E-state index in [1.807, 2.05) is 14.0 Å². The molecule has 2 rings (SSSR count). The van der Waals surface area contributed by atoms with E-state index in [2.05, 4.69) is 4.90 Å². The third kappa shape index (κ3) is 2.79. The van der Waals surface area contributed by atoms with E-state index in [1.165, 1.54) is 16.4 Å². The molecule has 5 nitrogen and oxygen atoms in total. The Morgan fingerprint density at radius 2 is 2.00 bits per heavy atom. The fourth-order valence-corrected chi connectivity index (χ4v) is 4.41. The minimum absolute atomic E-state index is 0.0694. The van der Waals surface area contributed by atoms with Crippen LogP contribution in [0.5, 0.6) is 0 Å². The summed E-state index contributed by atoms with van der Waals surface area (Å²) in [5.41, 5.74) is 6.94. The fraction of sp³-hybridized carbons (Fsp3) is 0.538. The van der Waals surface area contributed by atoms with Gasteiger partial charge >= 0.3 is 0 Å². The monoisotopic (exact) mass is 317 g/mol. The molecule has 112 valence electrons. The summed E-state index contributed by atoms with van der Waals surface area (Å²) in [6, 6.07) is 2.90. The standard InChI is InChI=1S/C13H20ClN3O2S/c1-9-8-16(3)4-5-17(9)20(18,19)11-6-12(14)10(2)13(15)7-11/h6-7,9H,4-5,8,15H2,1-3H3. The maximum atomic E-state index is 12.7. The highest BCUT2D eigenvalue weighted by atomic mass is 35.5. The lowest BCUT2D eigenvalue weighted by Gasteiger charge is -2.37. The number of nitrogens with zero attached hydrogens (tertiary/aromatic N) is 2. The van der Waals surface area contributed by atoms with Crippen LogP contribution in [0.25, 0.3) is 0 Å². The number of halogens is 1. The third-order valence-corrected chi connectivity index (χ3v) is 6.12. The van der Waals surface area contributed by atoms with Crippen molar-refractivity contribution in [2.24, 2.45) is 0 Å². The number of hydrogen-bond donors (Lipinski definition) is 1. The Morgan fingerprint density at radius 1 is 1.35 bits per heavy atom. The summed E-state index contributed by atoms with van der Waals surface area (Å²) in [7, 11) is -1.57. The molecule has 1 aromatic rings. The van der Waals surface area contributed by atoms with Gasteiger partial charge in [0.2, 0.25) is 10.0 Å². The maximum Gasteiger partial charge on any atom is 0.243 e. The van der Waals surface area contributed by atoms with Crippen LogP contribution in [-0.2, 0) is 10.0 Å². The second kappa shape index (κ2) is 5.52. The number of benzene rings is 1. The van der Waals surface area contributed by atoms with E-state index in [0.717, 1.165) is 6.54 Å². The van der Waals surface area contributed by atoms with Crippen LogP contribution < -0.4 is 5.73 Å². The van der Waals surface area contributed by atoms with E-state index in [1.54, 1.807) is 6.92 Å². The van der Waals surface area contributed by atoms with E-state index < -0.39 is 10.0 Å². The van der Waals surface area contributed by atoms with Crippen LogP contribution >= 0.6 is 11.6 Å². The first-order chi connectivity index (χ1) is 9.23. The number of hydrogen-bond acceptors (Lipinski definition) is 4. The van der Waals surface area contributed by atoms with Gasteiger partial charge in [0.15, 0.2) is 0 Å². The van der Waals surface area contributed by atoms with Crippen molar-refractivity contribution < 1.29 is 8.42 Å². The Morgan fingerprint density at radius 3 is 2.55 bits per heavy atom. The van der Waals surface area contributed by atoms with Gasteiger partial charge in [-0.25, -0.2) is 8.42 Å². The molecule has 1 fully saturated rings. The lowest BCUT2D eigenvalue weighted by Crippen LogP contribution is -2.52. The SMILES string of the molecule is Cc1c(N)cc(S(=O)(=O)N2CCN(C)CC2C)cc1Cl. The van der Waals surface area contributed by atoms with Crippen molar-refractivity contribution in [3.05, 3.63) is 22.7 Å². The van der Waals surface area contributed by atoms with Gasteiger partial charge < -0.3 is 10.6 Å². The van der Waals surface area contributed by atoms with Crippen LogP contribution in [0.3, 0.4) is 0 Å². The Balaban J connectivity index is 2.40. The highest BCUT2D eigenvalue weighted by Gasteiger charge is 2.33. The van der Waals surface area contributed by atoms with E-state index in [-0.39, 0.29) is 10.9 Å². The molecule has 7 heteroatoms. The van der Waals surface area contributed by atoms with Gasteiger partial charge in [-0.05, 0) is 38.6 Å². The first-order valence-electron chi connectivity index (χ1n) is 6.49. The highest BCUT2D eigenvalue weighted by Crippen LogP contribution is 2.29. The number of anilines is 1. The predicted octanol–water partition coefficient (Wildman–Crippen LogP) is 1.56. The van der Waals surface area contributed by atoms with Crippen LogP contribution in [0.2, 0.25) is 5.02 Å². The van der Waals surface area contributed by atoms with Gasteiger partial charge in [-0.2, -0.15) is 4.31 Å². The van der Waals surface area contributed by atoms with Crippen molar-refractivity contribution in [3.63, 3.8) is 0 Å². The Hall–Kier alpha value is -0.820. The third-order valence-electron chi connectivity index (χ3n) is 3.73. The number of rotatable bonds is 2. The maximum absolute atomic E-state index is 12.7. The smallest absolute Gasteiger partial charge is 0.243 e. The van der Waals surface area contributed by atoms with E-state index >= 15 is 0 Å². The number of nitrogen functional groups attached to an aromatic ring is 1. The number of likely N-dealkylation sites (N-methyl/N-ethyl adjacent to an activating group) is 1. The molecule has 0 bridgehead atoms. The van der Waals surface area contributed by atoms with Gasteiger partial charge in [0.05, 0.1) is 4.90 Å². The molecular formula is C13H20ClN3O2S. The summed E-state index contributed by atoms with van der Waals surface area (Å²) < 4.78 is 26.9. The first kappa shape index (κ1) is 15.6. The van der Waals surface area contributed by atoms with Gasteiger partial charge in [-0.1, -0.05) is 11.6 Å². The van der Waals surface area contributed by atoms with Gasteiger partial charge in [0, 0.05) is 36.4 Å². The molecule has 1 saturated heterocycles. The molecule has 20 heavy (non-hydrogen) atoms. The molecule has 1 unspecified atom stereocenters. The molecule has 2 N–H and O–H groups in total. The average molecular weight is 318 g/mol. The number of nitrogens with two attached hydrogens (primary N) is 1. The number of sulfonamides is 1. The molecule has 1 aliphatic rings. The second-order valence-corrected chi connectivity index (χ2v) is 7.64. The summed E-state index contributed by atoms with van der Waals surface area (Å²) >= 11 is 6.05. The molecule has 1 aromatic carbocycles. The average Bonchev–Trinajstić information content (AvgIpc) is 2.34. The lowest BCUT2D eigenvalue weighted by atomic mass is 10.2. The van der Waals surface area contributed by atoms with Crippen molar-refractivity contribution >= 4 is 27.3 Å². The summed E-state index contributed by atoms with van der Waals surface area (Å²) in [6.45, 7) is 5.59. The van der Waals surface area contributed by atoms with Gasteiger partial charge in [-0.15, -0.1) is 0 Å². The van der Waals surface area contributed by atoms with E-state index in [0.29, 0.717) is 29.4 Å². The van der Waals surface area contributed by atoms with E-state index in [4.69, 9.17) is 17.3 Å². The van der Waals surface area contributed by atoms with Crippen molar-refractivity contribution in [1.29, 1.82) is 0 Å². The zero-order chi connectivity index (χ0) is 15.1. The predicted molar refractivity (Wildman–Crippen MR) is 81.5 cm³/mol. The molecule has 0 amide bonds.